The quantitative estimate of drug-likeness (QED) is 0.247. The Bertz CT molecular complexity index is 1110. The summed E-state index contributed by atoms with van der Waals surface area (Å²) in [6.45, 7) is 11.1. The Morgan fingerprint density at radius 2 is 1.91 bits per heavy atom. The number of carbonyl (C=O) groups excluding carboxylic acids is 1. The van der Waals surface area contributed by atoms with Gasteiger partial charge in [0.25, 0.3) is 0 Å². The molecule has 1 fully saturated rings. The Labute approximate surface area is 207 Å². The number of nitrogens with zero attached hydrogens (tertiary/aromatic N) is 5. The van der Waals surface area contributed by atoms with E-state index in [9.17, 15) is 4.79 Å². The number of likely N-dealkylation sites (tertiary alicyclic amines) is 1. The summed E-state index contributed by atoms with van der Waals surface area (Å²) in [5.41, 5.74) is 5.80. The molecule has 0 atom stereocenters. The molecule has 0 unspecified atom stereocenters. The van der Waals surface area contributed by atoms with Crippen molar-refractivity contribution in [3.05, 3.63) is 78.6 Å². The van der Waals surface area contributed by atoms with E-state index < -0.39 is 0 Å². The monoisotopic (exact) mass is 471 g/mol. The fourth-order valence-corrected chi connectivity index (χ4v) is 4.33. The van der Waals surface area contributed by atoms with Gasteiger partial charge in [-0.1, -0.05) is 24.3 Å². The van der Waals surface area contributed by atoms with Crippen molar-refractivity contribution in [1.29, 1.82) is 0 Å². The predicted molar refractivity (Wildman–Crippen MR) is 140 cm³/mol. The largest absolute Gasteiger partial charge is 0.324 e. The second-order valence-electron chi connectivity index (χ2n) is 8.92. The van der Waals surface area contributed by atoms with E-state index in [2.05, 4.69) is 75.3 Å². The standard InChI is InChI=1S/C27H33N7O/c1-4-14-30-34(25-7-5-6-15-28-25)26-23(19-35)18-29-27(32-26)31-24-10-8-21(9-11-24)22-12-16-33(17-13-22)20(2)3/h4-11,15,18-20,22,30H,1,12-14,16-17H2,2-3H3,(H,29,31,32). The van der Waals surface area contributed by atoms with Gasteiger partial charge in [0.1, 0.15) is 5.82 Å². The van der Waals surface area contributed by atoms with Crippen molar-refractivity contribution in [2.75, 3.05) is 30.0 Å². The predicted octanol–water partition coefficient (Wildman–Crippen LogP) is 4.84. The fraction of sp³-hybridized carbons (Fsp3) is 0.333. The van der Waals surface area contributed by atoms with Crippen molar-refractivity contribution in [3.8, 4) is 0 Å². The van der Waals surface area contributed by atoms with E-state index in [0.29, 0.717) is 41.7 Å². The molecule has 8 heteroatoms. The number of carbonyl (C=O) groups is 1. The smallest absolute Gasteiger partial charge is 0.229 e. The fourth-order valence-electron chi connectivity index (χ4n) is 4.33. The van der Waals surface area contributed by atoms with Crippen LogP contribution in [0.1, 0.15) is 48.5 Å². The van der Waals surface area contributed by atoms with Crippen LogP contribution < -0.4 is 15.8 Å². The molecule has 182 valence electrons. The molecule has 0 spiro atoms. The molecule has 4 rings (SSSR count). The first-order valence-electron chi connectivity index (χ1n) is 12.1. The number of nitrogens with one attached hydrogen (secondary N) is 2. The number of rotatable bonds is 10. The van der Waals surface area contributed by atoms with Gasteiger partial charge in [-0.05, 0) is 75.5 Å². The van der Waals surface area contributed by atoms with Crippen molar-refractivity contribution in [2.45, 2.75) is 38.6 Å². The summed E-state index contributed by atoms with van der Waals surface area (Å²) in [6.07, 6.45) is 8.04. The van der Waals surface area contributed by atoms with Crippen molar-refractivity contribution < 1.29 is 4.79 Å². The molecular weight excluding hydrogens is 438 g/mol. The second-order valence-corrected chi connectivity index (χ2v) is 8.92. The summed E-state index contributed by atoms with van der Waals surface area (Å²) in [5.74, 6) is 2.00. The zero-order valence-electron chi connectivity index (χ0n) is 20.4. The summed E-state index contributed by atoms with van der Waals surface area (Å²) < 4.78 is 0. The molecule has 1 aliphatic heterocycles. The van der Waals surface area contributed by atoms with Crippen molar-refractivity contribution >= 4 is 29.6 Å². The minimum absolute atomic E-state index is 0.348. The van der Waals surface area contributed by atoms with Crippen LogP contribution in [-0.2, 0) is 0 Å². The van der Waals surface area contributed by atoms with E-state index in [1.54, 1.807) is 17.3 Å². The highest BCUT2D eigenvalue weighted by atomic mass is 16.1. The summed E-state index contributed by atoms with van der Waals surface area (Å²) in [7, 11) is 0. The topological polar surface area (TPSA) is 86.3 Å². The van der Waals surface area contributed by atoms with Crippen LogP contribution in [0.5, 0.6) is 0 Å². The van der Waals surface area contributed by atoms with Gasteiger partial charge in [-0.3, -0.25) is 4.79 Å². The van der Waals surface area contributed by atoms with Crippen LogP contribution in [-0.4, -0.2) is 51.8 Å². The zero-order valence-corrected chi connectivity index (χ0v) is 20.4. The third-order valence-corrected chi connectivity index (χ3v) is 6.30. The molecule has 1 aliphatic rings. The second kappa shape index (κ2) is 11.7. The van der Waals surface area contributed by atoms with Crippen LogP contribution in [0.3, 0.4) is 0 Å². The third-order valence-electron chi connectivity index (χ3n) is 6.30. The van der Waals surface area contributed by atoms with Gasteiger partial charge in [0, 0.05) is 30.7 Å². The zero-order chi connectivity index (χ0) is 24.6. The third kappa shape index (κ3) is 6.09. The molecule has 35 heavy (non-hydrogen) atoms. The Hall–Kier alpha value is -3.62. The van der Waals surface area contributed by atoms with Gasteiger partial charge in [-0.15, -0.1) is 6.58 Å². The van der Waals surface area contributed by atoms with Crippen LogP contribution in [0.2, 0.25) is 0 Å². The molecule has 8 nitrogen and oxygen atoms in total. The van der Waals surface area contributed by atoms with E-state index in [4.69, 9.17) is 0 Å². The van der Waals surface area contributed by atoms with Crippen molar-refractivity contribution in [1.82, 2.24) is 25.3 Å². The number of hydrazine groups is 1. The van der Waals surface area contributed by atoms with E-state index in [0.717, 1.165) is 25.1 Å². The van der Waals surface area contributed by atoms with E-state index in [1.165, 1.54) is 24.6 Å². The van der Waals surface area contributed by atoms with Gasteiger partial charge in [0.2, 0.25) is 5.95 Å². The van der Waals surface area contributed by atoms with Crippen LogP contribution in [0.4, 0.5) is 23.3 Å². The molecule has 0 radical (unpaired) electrons. The Kier molecular flexibility index (Phi) is 8.18. The van der Waals surface area contributed by atoms with Crippen LogP contribution in [0.25, 0.3) is 0 Å². The molecule has 1 saturated heterocycles. The Morgan fingerprint density at radius 1 is 1.14 bits per heavy atom. The molecule has 0 bridgehead atoms. The molecule has 0 saturated carbocycles. The lowest BCUT2D eigenvalue weighted by molar-refractivity contribution is 0.112. The first kappa shape index (κ1) is 24.5. The average molecular weight is 472 g/mol. The highest BCUT2D eigenvalue weighted by Gasteiger charge is 2.22. The van der Waals surface area contributed by atoms with E-state index in [-0.39, 0.29) is 0 Å². The average Bonchev–Trinajstić information content (AvgIpc) is 2.90. The van der Waals surface area contributed by atoms with Gasteiger partial charge in [-0.2, -0.15) is 4.98 Å². The molecular formula is C27H33N7O. The summed E-state index contributed by atoms with van der Waals surface area (Å²) in [6, 6.07) is 14.7. The highest BCUT2D eigenvalue weighted by Crippen LogP contribution is 2.30. The lowest BCUT2D eigenvalue weighted by Gasteiger charge is -2.34. The minimum Gasteiger partial charge on any atom is -0.324 e. The van der Waals surface area contributed by atoms with Gasteiger partial charge in [0.05, 0.1) is 5.56 Å². The SMILES string of the molecule is C=CCNN(c1ccccn1)c1nc(Nc2ccc(C3CCN(C(C)C)CC3)cc2)ncc1C=O. The minimum atomic E-state index is 0.348. The lowest BCUT2D eigenvalue weighted by Crippen LogP contribution is -2.37. The molecule has 3 aromatic rings. The Morgan fingerprint density at radius 3 is 2.54 bits per heavy atom. The molecule has 1 aromatic carbocycles. The number of piperidine rings is 1. The number of aldehydes is 1. The first-order chi connectivity index (χ1) is 17.1. The lowest BCUT2D eigenvalue weighted by atomic mass is 9.89. The molecule has 0 aliphatic carbocycles. The van der Waals surface area contributed by atoms with Crippen LogP contribution in [0.15, 0.2) is 67.5 Å². The van der Waals surface area contributed by atoms with Gasteiger partial charge >= 0.3 is 0 Å². The normalized spacial score (nSPS) is 14.6. The number of benzene rings is 1. The van der Waals surface area contributed by atoms with E-state index in [1.807, 2.05) is 18.2 Å². The molecule has 2 N–H and O–H groups in total. The molecule has 3 heterocycles. The first-order valence-corrected chi connectivity index (χ1v) is 12.1. The highest BCUT2D eigenvalue weighted by molar-refractivity contribution is 5.84. The van der Waals surface area contributed by atoms with Crippen molar-refractivity contribution in [3.63, 3.8) is 0 Å². The number of anilines is 4. The number of hydrogen-bond donors (Lipinski definition) is 2. The van der Waals surface area contributed by atoms with Crippen LogP contribution in [0, 0.1) is 0 Å². The number of aromatic nitrogens is 3. The maximum Gasteiger partial charge on any atom is 0.229 e. The summed E-state index contributed by atoms with van der Waals surface area (Å²) in [5, 5.41) is 4.94. The molecule has 0 amide bonds. The number of pyridine rings is 1. The maximum atomic E-state index is 11.8. The van der Waals surface area contributed by atoms with E-state index >= 15 is 0 Å². The summed E-state index contributed by atoms with van der Waals surface area (Å²) >= 11 is 0. The maximum absolute atomic E-state index is 11.8. The molecule has 2 aromatic heterocycles. The Balaban J connectivity index is 1.51. The number of hydrogen-bond acceptors (Lipinski definition) is 8. The van der Waals surface area contributed by atoms with Crippen molar-refractivity contribution in [2.24, 2.45) is 0 Å². The van der Waals surface area contributed by atoms with Crippen LogP contribution >= 0.6 is 0 Å². The summed E-state index contributed by atoms with van der Waals surface area (Å²) in [4.78, 5) is 27.7. The van der Waals surface area contributed by atoms with Gasteiger partial charge in [-0.25, -0.2) is 20.4 Å². The van der Waals surface area contributed by atoms with Gasteiger partial charge in [0.15, 0.2) is 12.1 Å². The van der Waals surface area contributed by atoms with Gasteiger partial charge < -0.3 is 10.2 Å².